The first kappa shape index (κ1) is 57.9. The van der Waals surface area contributed by atoms with Gasteiger partial charge in [0.1, 0.15) is 29.8 Å². The van der Waals surface area contributed by atoms with Gasteiger partial charge < -0.3 is 45.1 Å². The fourth-order valence-corrected chi connectivity index (χ4v) is 8.50. The molecular formula is C55H72FN9O6. The van der Waals surface area contributed by atoms with E-state index in [0.717, 1.165) is 72.8 Å². The fraction of sp³-hybridized carbons (Fsp3) is 0.418. The third-order valence-corrected chi connectivity index (χ3v) is 12.1. The summed E-state index contributed by atoms with van der Waals surface area (Å²) < 4.78 is 22.0. The van der Waals surface area contributed by atoms with Gasteiger partial charge in [-0.3, -0.25) is 9.69 Å². The second-order valence-corrected chi connectivity index (χ2v) is 17.7. The van der Waals surface area contributed by atoms with Crippen LogP contribution >= 0.6 is 0 Å². The van der Waals surface area contributed by atoms with Crippen LogP contribution in [0, 0.1) is 43.3 Å². The predicted octanol–water partition coefficient (Wildman–Crippen LogP) is 9.89. The van der Waals surface area contributed by atoms with E-state index >= 15 is 0 Å². The molecule has 0 spiro atoms. The highest BCUT2D eigenvalue weighted by Crippen LogP contribution is 2.38. The summed E-state index contributed by atoms with van der Waals surface area (Å²) in [6.07, 6.45) is 26.3. The Morgan fingerprint density at radius 3 is 1.77 bits per heavy atom. The molecule has 2 aromatic heterocycles. The average Bonchev–Trinajstić information content (AvgIpc) is 4.26. The molecule has 16 heteroatoms. The number of amides is 3. The summed E-state index contributed by atoms with van der Waals surface area (Å²) in [6.45, 7) is 10.6. The molecular weight excluding hydrogens is 902 g/mol. The molecule has 3 saturated heterocycles. The lowest BCUT2D eigenvalue weighted by atomic mass is 10.0. The Morgan fingerprint density at radius 2 is 1.28 bits per heavy atom. The minimum Gasteiger partial charge on any atom is -0.453 e. The molecule has 5 aromatic rings. The number of anilines is 1. The van der Waals surface area contributed by atoms with Crippen LogP contribution in [0.5, 0.6) is 0 Å². The number of terminal acetylenes is 2. The lowest BCUT2D eigenvalue weighted by Crippen LogP contribution is -2.51. The summed E-state index contributed by atoms with van der Waals surface area (Å²) >= 11 is 0. The van der Waals surface area contributed by atoms with Gasteiger partial charge in [-0.25, -0.2) is 23.9 Å². The van der Waals surface area contributed by atoms with Crippen molar-refractivity contribution < 1.29 is 33.0 Å². The lowest BCUT2D eigenvalue weighted by molar-refractivity contribution is -0.135. The Labute approximate surface area is 419 Å². The number of primary amides is 1. The number of nitrogens with two attached hydrogens (primary N) is 1. The zero-order valence-corrected chi connectivity index (χ0v) is 42.2. The number of benzene rings is 3. The molecule has 5 heterocycles. The Bertz CT molecular complexity index is 2390. The molecule has 3 aromatic carbocycles. The van der Waals surface area contributed by atoms with Gasteiger partial charge in [-0.05, 0) is 105 Å². The maximum atomic E-state index is 13.4. The third-order valence-electron chi connectivity index (χ3n) is 12.1. The highest BCUT2D eigenvalue weighted by molar-refractivity contribution is 5.86. The maximum Gasteiger partial charge on any atom is 0.407 e. The number of likely N-dealkylation sites (tertiary alicyclic amines) is 2. The number of halogens is 1. The quantitative estimate of drug-likeness (QED) is 0.0732. The number of nitrogens with zero attached hydrogens (tertiary/aromatic N) is 5. The van der Waals surface area contributed by atoms with Gasteiger partial charge in [-0.15, -0.1) is 25.7 Å². The van der Waals surface area contributed by atoms with Crippen LogP contribution in [0.1, 0.15) is 108 Å². The monoisotopic (exact) mass is 974 g/mol. The number of ether oxygens (including phenoxy) is 2. The molecule has 0 unspecified atom stereocenters. The number of imidazole rings is 2. The van der Waals surface area contributed by atoms with Crippen molar-refractivity contribution in [2.24, 2.45) is 17.6 Å². The molecule has 0 bridgehead atoms. The minimum absolute atomic E-state index is 0.0811. The van der Waals surface area contributed by atoms with Crippen LogP contribution in [0.3, 0.4) is 0 Å². The third kappa shape index (κ3) is 17.2. The molecule has 0 aliphatic carbocycles. The molecule has 3 aliphatic heterocycles. The summed E-state index contributed by atoms with van der Waals surface area (Å²) in [5.41, 5.74) is 10.9. The predicted molar refractivity (Wildman–Crippen MR) is 278 cm³/mol. The second kappa shape index (κ2) is 30.2. The molecule has 4 atom stereocenters. The van der Waals surface area contributed by atoms with Crippen LogP contribution in [0.15, 0.2) is 91.3 Å². The number of hydrogen-bond donors (Lipinski definition) is 4. The number of H-pyrrole nitrogens is 2. The average molecular weight is 974 g/mol. The Kier molecular flexibility index (Phi) is 24.7. The number of carbonyl (C=O) groups excluding carboxylic acids is 4. The van der Waals surface area contributed by atoms with Crippen molar-refractivity contribution in [2.75, 3.05) is 45.8 Å². The smallest absolute Gasteiger partial charge is 0.407 e. The van der Waals surface area contributed by atoms with E-state index in [2.05, 4.69) is 127 Å². The number of nitrogens with one attached hydrogen (secondary N) is 3. The Hall–Kier alpha value is -7.43. The van der Waals surface area contributed by atoms with Gasteiger partial charge in [0.2, 0.25) is 5.91 Å². The van der Waals surface area contributed by atoms with Crippen molar-refractivity contribution in [2.45, 2.75) is 96.8 Å². The number of aromatic amines is 2. The van der Waals surface area contributed by atoms with Crippen molar-refractivity contribution in [3.63, 3.8) is 0 Å². The van der Waals surface area contributed by atoms with Crippen LogP contribution < -0.4 is 16.0 Å². The zero-order valence-electron chi connectivity index (χ0n) is 42.2. The van der Waals surface area contributed by atoms with Crippen LogP contribution in [-0.2, 0) is 19.1 Å². The largest absolute Gasteiger partial charge is 0.453 e. The van der Waals surface area contributed by atoms with E-state index in [4.69, 9.17) is 4.74 Å². The van der Waals surface area contributed by atoms with E-state index in [-0.39, 0.29) is 29.7 Å². The molecule has 15 nitrogen and oxygen atoms in total. The summed E-state index contributed by atoms with van der Waals surface area (Å²) in [5, 5.41) is 2.69. The van der Waals surface area contributed by atoms with Gasteiger partial charge in [0.25, 0.3) is 0 Å². The van der Waals surface area contributed by atoms with E-state index < -0.39 is 18.2 Å². The van der Waals surface area contributed by atoms with Crippen molar-refractivity contribution in [1.29, 1.82) is 0 Å². The highest BCUT2D eigenvalue weighted by atomic mass is 19.1. The van der Waals surface area contributed by atoms with E-state index in [1.54, 1.807) is 0 Å². The number of alkyl carbamates (subject to hydrolysis) is 1. The Morgan fingerprint density at radius 1 is 0.761 bits per heavy atom. The summed E-state index contributed by atoms with van der Waals surface area (Å²) in [6, 6.07) is 25.5. The first-order chi connectivity index (χ1) is 34.2. The number of rotatable bonds is 11. The molecule has 3 aliphatic rings. The SMILES string of the molecule is C#C.C#C.CC(C)CC=O.CN1CCC[C@H]1c1ncc(-c2ccccc2)[nH]1.COC(=O)N[C@H](C(=O)N1CCC[C@H]1c1ncc(-c2ccc([C@H]3CCCN3c3ccc(F)cc3)cc2)[nH]1)C(C)C.COC(N)=O. The molecule has 8 rings (SSSR count). The van der Waals surface area contributed by atoms with E-state index in [1.807, 2.05) is 63.2 Å². The molecule has 0 saturated carbocycles. The molecule has 5 N–H and O–H groups in total. The number of hydrogen-bond acceptors (Lipinski definition) is 10. The fourth-order valence-electron chi connectivity index (χ4n) is 8.50. The summed E-state index contributed by atoms with van der Waals surface area (Å²) in [5.74, 6) is 1.95. The molecule has 0 radical (unpaired) electrons. The van der Waals surface area contributed by atoms with Gasteiger partial charge in [0.05, 0.1) is 56.1 Å². The standard InChI is InChI=1S/C30H36FN5O3.C14H17N3.C5H10O.C2H5NO2.2C2H2/c1-19(2)27(34-30(38)39-3)29(37)36-17-5-7-26(36)28-32-18-24(33-28)20-8-10-21(11-9-20)25-6-4-16-35(25)23-14-12-22(31)13-15-23;1-17-9-5-8-13(17)14-15-10-12(16-14)11-6-3-2-4-7-11;1-5(2)3-4-6;1-5-2(3)4;2*1-2/h8-15,18-19,25-27H,4-7,16-17H2,1-3H3,(H,32,33)(H,34,38);2-4,6-7,10,13H,5,8-9H2,1H3,(H,15,16);4-5H,3H2,1-2H3;1H3,(H2,3,4);2*1-2H/t25-,26+,27+;13-;;;;/m10..../s1. The van der Waals surface area contributed by atoms with E-state index in [1.165, 1.54) is 56.9 Å². The Balaban J connectivity index is 0.000000340. The van der Waals surface area contributed by atoms with Gasteiger partial charge in [-0.1, -0.05) is 82.3 Å². The van der Waals surface area contributed by atoms with Gasteiger partial charge in [-0.2, -0.15) is 0 Å². The first-order valence-electron chi connectivity index (χ1n) is 23.8. The van der Waals surface area contributed by atoms with Gasteiger partial charge >= 0.3 is 12.2 Å². The van der Waals surface area contributed by atoms with E-state index in [9.17, 15) is 23.6 Å². The second-order valence-electron chi connectivity index (χ2n) is 17.7. The minimum atomic E-state index is -0.745. The first-order valence-corrected chi connectivity index (χ1v) is 23.8. The van der Waals surface area contributed by atoms with Crippen LogP contribution in [0.2, 0.25) is 0 Å². The van der Waals surface area contributed by atoms with Crippen molar-refractivity contribution in [3.05, 3.63) is 114 Å². The number of aldehydes is 1. The summed E-state index contributed by atoms with van der Waals surface area (Å²) in [4.78, 5) is 66.8. The molecule has 3 fully saturated rings. The van der Waals surface area contributed by atoms with Gasteiger partial charge in [0, 0.05) is 25.2 Å². The van der Waals surface area contributed by atoms with Gasteiger partial charge in [0.15, 0.2) is 0 Å². The van der Waals surface area contributed by atoms with Crippen molar-refractivity contribution in [3.8, 4) is 48.2 Å². The molecule has 71 heavy (non-hydrogen) atoms. The molecule has 380 valence electrons. The summed E-state index contributed by atoms with van der Waals surface area (Å²) in [7, 11) is 4.69. The van der Waals surface area contributed by atoms with Crippen molar-refractivity contribution in [1.82, 2.24) is 35.1 Å². The van der Waals surface area contributed by atoms with Crippen molar-refractivity contribution >= 4 is 30.1 Å². The van der Waals surface area contributed by atoms with E-state index in [0.29, 0.717) is 24.9 Å². The van der Waals surface area contributed by atoms with Crippen LogP contribution in [0.25, 0.3) is 22.5 Å². The zero-order chi connectivity index (χ0) is 52.5. The van der Waals surface area contributed by atoms with Crippen LogP contribution in [-0.4, -0.2) is 101 Å². The maximum absolute atomic E-state index is 13.4. The number of methoxy groups -OCH3 is 2. The highest BCUT2D eigenvalue weighted by Gasteiger charge is 2.37. The number of aromatic nitrogens is 4. The topological polar surface area (TPSA) is 192 Å². The lowest BCUT2D eigenvalue weighted by Gasteiger charge is -2.30. The number of carbonyl (C=O) groups is 4. The molecule has 3 amide bonds. The normalized spacial score (nSPS) is 17.2. The van der Waals surface area contributed by atoms with Crippen LogP contribution in [0.4, 0.5) is 19.7 Å².